The zero-order valence-electron chi connectivity index (χ0n) is 12.7. The fourth-order valence-electron chi connectivity index (χ4n) is 2.36. The number of nitrogens with one attached hydrogen (secondary N) is 1. The third-order valence-corrected chi connectivity index (χ3v) is 4.06. The Kier molecular flexibility index (Phi) is 4.44. The molecule has 1 amide bonds. The van der Waals surface area contributed by atoms with Crippen molar-refractivity contribution in [2.24, 2.45) is 0 Å². The number of carbonyl (C=O) groups excluding carboxylic acids is 1. The van der Waals surface area contributed by atoms with Gasteiger partial charge in [0, 0.05) is 10.2 Å². The Morgan fingerprint density at radius 3 is 2.83 bits per heavy atom. The van der Waals surface area contributed by atoms with E-state index in [9.17, 15) is 14.0 Å². The SMILES string of the molecule is Cc1cc(Br)ccc1NC(=O)Cn1cnc2ccc(F)cc2c1=O. The minimum absolute atomic E-state index is 0.144. The Labute approximate surface area is 145 Å². The van der Waals surface area contributed by atoms with Gasteiger partial charge in [0.2, 0.25) is 5.91 Å². The van der Waals surface area contributed by atoms with Gasteiger partial charge in [0.25, 0.3) is 5.56 Å². The summed E-state index contributed by atoms with van der Waals surface area (Å²) in [7, 11) is 0. The molecule has 3 aromatic rings. The van der Waals surface area contributed by atoms with Crippen molar-refractivity contribution in [3.8, 4) is 0 Å². The number of amides is 1. The van der Waals surface area contributed by atoms with Gasteiger partial charge in [-0.2, -0.15) is 0 Å². The second-order valence-electron chi connectivity index (χ2n) is 5.35. The average molecular weight is 390 g/mol. The molecule has 0 unspecified atom stereocenters. The summed E-state index contributed by atoms with van der Waals surface area (Å²) < 4.78 is 15.4. The van der Waals surface area contributed by atoms with Crippen molar-refractivity contribution in [2.45, 2.75) is 13.5 Å². The summed E-state index contributed by atoms with van der Waals surface area (Å²) in [6.45, 7) is 1.67. The highest BCUT2D eigenvalue weighted by atomic mass is 79.9. The van der Waals surface area contributed by atoms with E-state index in [0.717, 1.165) is 20.7 Å². The van der Waals surface area contributed by atoms with Crippen LogP contribution in [0, 0.1) is 12.7 Å². The summed E-state index contributed by atoms with van der Waals surface area (Å²) in [6.07, 6.45) is 1.29. The summed E-state index contributed by atoms with van der Waals surface area (Å²) >= 11 is 3.36. The molecule has 2 aromatic carbocycles. The van der Waals surface area contributed by atoms with E-state index < -0.39 is 11.4 Å². The minimum atomic E-state index is -0.519. The van der Waals surface area contributed by atoms with Crippen LogP contribution < -0.4 is 10.9 Å². The number of fused-ring (bicyclic) bond motifs is 1. The number of hydrogen-bond acceptors (Lipinski definition) is 3. The Balaban J connectivity index is 1.85. The van der Waals surface area contributed by atoms with Crippen LogP contribution in [-0.4, -0.2) is 15.5 Å². The zero-order chi connectivity index (χ0) is 17.3. The first-order chi connectivity index (χ1) is 11.4. The first-order valence-corrected chi connectivity index (χ1v) is 7.94. The first-order valence-electron chi connectivity index (χ1n) is 7.15. The highest BCUT2D eigenvalue weighted by Crippen LogP contribution is 2.20. The molecular formula is C17H13BrFN3O2. The van der Waals surface area contributed by atoms with Crippen LogP contribution in [0.1, 0.15) is 5.56 Å². The van der Waals surface area contributed by atoms with Gasteiger partial charge in [0.1, 0.15) is 12.4 Å². The summed E-state index contributed by atoms with van der Waals surface area (Å²) in [5.41, 5.74) is 1.49. The van der Waals surface area contributed by atoms with Crippen LogP contribution in [0.3, 0.4) is 0 Å². The monoisotopic (exact) mass is 389 g/mol. The van der Waals surface area contributed by atoms with Gasteiger partial charge in [-0.25, -0.2) is 9.37 Å². The standard InChI is InChI=1S/C17H13BrFN3O2/c1-10-6-11(18)2-4-14(10)21-16(23)8-22-9-20-15-5-3-12(19)7-13(15)17(22)24/h2-7,9H,8H2,1H3,(H,21,23). The fraction of sp³-hybridized carbons (Fsp3) is 0.118. The average Bonchev–Trinajstić information content (AvgIpc) is 2.53. The van der Waals surface area contributed by atoms with Gasteiger partial charge in [-0.3, -0.25) is 14.2 Å². The van der Waals surface area contributed by atoms with Crippen LogP contribution in [0.15, 0.2) is 52.0 Å². The van der Waals surface area contributed by atoms with Gasteiger partial charge in [0.05, 0.1) is 17.2 Å². The molecule has 24 heavy (non-hydrogen) atoms. The second-order valence-corrected chi connectivity index (χ2v) is 6.26. The van der Waals surface area contributed by atoms with E-state index in [0.29, 0.717) is 11.2 Å². The van der Waals surface area contributed by atoms with Gasteiger partial charge >= 0.3 is 0 Å². The van der Waals surface area contributed by atoms with Gasteiger partial charge in [0.15, 0.2) is 0 Å². The minimum Gasteiger partial charge on any atom is -0.324 e. The Hall–Kier alpha value is -2.54. The third kappa shape index (κ3) is 3.35. The molecule has 0 radical (unpaired) electrons. The molecule has 7 heteroatoms. The van der Waals surface area contributed by atoms with Crippen LogP contribution in [0.5, 0.6) is 0 Å². The molecule has 0 saturated carbocycles. The molecule has 0 aliphatic heterocycles. The van der Waals surface area contributed by atoms with E-state index in [1.165, 1.54) is 18.5 Å². The third-order valence-electron chi connectivity index (χ3n) is 3.56. The molecule has 0 saturated heterocycles. The number of halogens is 2. The van der Waals surface area contributed by atoms with Crippen LogP contribution in [0.4, 0.5) is 10.1 Å². The van der Waals surface area contributed by atoms with E-state index in [1.807, 2.05) is 19.1 Å². The molecule has 1 N–H and O–H groups in total. The van der Waals surface area contributed by atoms with Gasteiger partial charge < -0.3 is 5.32 Å². The number of aromatic nitrogens is 2. The molecule has 5 nitrogen and oxygen atoms in total. The molecule has 1 heterocycles. The lowest BCUT2D eigenvalue weighted by Crippen LogP contribution is -2.28. The van der Waals surface area contributed by atoms with Gasteiger partial charge in [-0.05, 0) is 48.9 Å². The Morgan fingerprint density at radius 1 is 1.29 bits per heavy atom. The first kappa shape index (κ1) is 16.3. The maximum atomic E-state index is 13.3. The number of carbonyl (C=O) groups is 1. The predicted octanol–water partition coefficient (Wildman–Crippen LogP) is 3.25. The fourth-order valence-corrected chi connectivity index (χ4v) is 2.83. The molecular weight excluding hydrogens is 377 g/mol. The normalized spacial score (nSPS) is 10.8. The van der Waals surface area contributed by atoms with Crippen molar-refractivity contribution in [1.29, 1.82) is 0 Å². The molecule has 0 fully saturated rings. The van der Waals surface area contributed by atoms with Crippen LogP contribution in [-0.2, 0) is 11.3 Å². The molecule has 0 spiro atoms. The molecule has 0 atom stereocenters. The molecule has 0 aliphatic rings. The highest BCUT2D eigenvalue weighted by molar-refractivity contribution is 9.10. The number of anilines is 1. The van der Waals surface area contributed by atoms with Crippen molar-refractivity contribution in [1.82, 2.24) is 9.55 Å². The van der Waals surface area contributed by atoms with E-state index in [-0.39, 0.29) is 17.8 Å². The quantitative estimate of drug-likeness (QED) is 0.747. The lowest BCUT2D eigenvalue weighted by molar-refractivity contribution is -0.116. The lowest BCUT2D eigenvalue weighted by atomic mass is 10.2. The van der Waals surface area contributed by atoms with E-state index in [4.69, 9.17) is 0 Å². The number of rotatable bonds is 3. The number of benzene rings is 2. The van der Waals surface area contributed by atoms with Crippen molar-refractivity contribution < 1.29 is 9.18 Å². The molecule has 0 bridgehead atoms. The Morgan fingerprint density at radius 2 is 2.08 bits per heavy atom. The smallest absolute Gasteiger partial charge is 0.261 e. The Bertz CT molecular complexity index is 1000. The van der Waals surface area contributed by atoms with Crippen LogP contribution in [0.2, 0.25) is 0 Å². The summed E-state index contributed by atoms with van der Waals surface area (Å²) in [5.74, 6) is -0.880. The number of aryl methyl sites for hydroxylation is 1. The molecule has 3 rings (SSSR count). The maximum absolute atomic E-state index is 13.3. The van der Waals surface area contributed by atoms with E-state index >= 15 is 0 Å². The van der Waals surface area contributed by atoms with Crippen molar-refractivity contribution in [3.05, 3.63) is 68.9 Å². The largest absolute Gasteiger partial charge is 0.324 e. The summed E-state index contributed by atoms with van der Waals surface area (Å²) in [6, 6.07) is 9.26. The molecule has 1 aromatic heterocycles. The second kappa shape index (κ2) is 6.52. The highest BCUT2D eigenvalue weighted by Gasteiger charge is 2.10. The number of hydrogen-bond donors (Lipinski definition) is 1. The van der Waals surface area contributed by atoms with Crippen LogP contribution >= 0.6 is 15.9 Å². The van der Waals surface area contributed by atoms with Crippen molar-refractivity contribution in [3.63, 3.8) is 0 Å². The van der Waals surface area contributed by atoms with E-state index in [2.05, 4.69) is 26.2 Å². The van der Waals surface area contributed by atoms with Gasteiger partial charge in [-0.15, -0.1) is 0 Å². The van der Waals surface area contributed by atoms with Gasteiger partial charge in [-0.1, -0.05) is 15.9 Å². The molecule has 0 aliphatic carbocycles. The maximum Gasteiger partial charge on any atom is 0.261 e. The van der Waals surface area contributed by atoms with Crippen LogP contribution in [0.25, 0.3) is 10.9 Å². The summed E-state index contributed by atoms with van der Waals surface area (Å²) in [4.78, 5) is 28.6. The van der Waals surface area contributed by atoms with Crippen molar-refractivity contribution in [2.75, 3.05) is 5.32 Å². The lowest BCUT2D eigenvalue weighted by Gasteiger charge is -2.10. The summed E-state index contributed by atoms with van der Waals surface area (Å²) in [5, 5.41) is 2.89. The predicted molar refractivity (Wildman–Crippen MR) is 93.5 cm³/mol. The van der Waals surface area contributed by atoms with Crippen molar-refractivity contribution >= 4 is 38.4 Å². The molecule has 122 valence electrons. The number of nitrogens with zero attached hydrogens (tertiary/aromatic N) is 2. The topological polar surface area (TPSA) is 64.0 Å². The van der Waals surface area contributed by atoms with E-state index in [1.54, 1.807) is 6.07 Å². The zero-order valence-corrected chi connectivity index (χ0v) is 14.3.